The van der Waals surface area contributed by atoms with E-state index >= 15 is 0 Å². The highest BCUT2D eigenvalue weighted by molar-refractivity contribution is 7.99. The predicted octanol–water partition coefficient (Wildman–Crippen LogP) is 3.27. The Morgan fingerprint density at radius 2 is 2.12 bits per heavy atom. The van der Waals surface area contributed by atoms with E-state index in [1.807, 2.05) is 0 Å². The highest BCUT2D eigenvalue weighted by atomic mass is 32.2. The summed E-state index contributed by atoms with van der Waals surface area (Å²) in [6.45, 7) is 9.11. The third kappa shape index (κ3) is 4.12. The van der Waals surface area contributed by atoms with Gasteiger partial charge in [-0.2, -0.15) is 0 Å². The van der Waals surface area contributed by atoms with Crippen molar-refractivity contribution in [2.75, 3.05) is 12.3 Å². The number of thioether (sulfide) groups is 1. The Bertz CT molecular complexity index is 753. The molecule has 1 heterocycles. The van der Waals surface area contributed by atoms with Crippen molar-refractivity contribution < 1.29 is 4.79 Å². The van der Waals surface area contributed by atoms with Gasteiger partial charge in [0.15, 0.2) is 5.16 Å². The number of amides is 1. The van der Waals surface area contributed by atoms with Gasteiger partial charge in [0.25, 0.3) is 0 Å². The van der Waals surface area contributed by atoms with Gasteiger partial charge in [0.05, 0.1) is 5.75 Å². The molecule has 1 amide bonds. The van der Waals surface area contributed by atoms with Crippen LogP contribution < -0.4 is 5.32 Å². The minimum Gasteiger partial charge on any atom is -0.352 e. The Kier molecular flexibility index (Phi) is 5.58. The van der Waals surface area contributed by atoms with E-state index in [0.29, 0.717) is 24.1 Å². The highest BCUT2D eigenvalue weighted by Crippen LogP contribution is 2.54. The van der Waals surface area contributed by atoms with E-state index in [1.165, 1.54) is 22.9 Å². The van der Waals surface area contributed by atoms with Crippen LogP contribution in [0.3, 0.4) is 0 Å². The maximum absolute atomic E-state index is 11.8. The summed E-state index contributed by atoms with van der Waals surface area (Å²) in [5.41, 5.74) is 2.66. The van der Waals surface area contributed by atoms with Gasteiger partial charge in [-0.1, -0.05) is 47.7 Å². The first kappa shape index (κ1) is 17.7. The van der Waals surface area contributed by atoms with Crippen LogP contribution in [-0.2, 0) is 11.3 Å². The van der Waals surface area contributed by atoms with Crippen molar-refractivity contribution in [2.24, 2.45) is 0 Å². The molecule has 0 unspecified atom stereocenters. The van der Waals surface area contributed by atoms with Crippen LogP contribution in [0.25, 0.3) is 0 Å². The van der Waals surface area contributed by atoms with Crippen LogP contribution >= 0.6 is 11.8 Å². The lowest BCUT2D eigenvalue weighted by atomic mass is 10.1. The average Bonchev–Trinajstić information content (AvgIpc) is 3.30. The zero-order chi connectivity index (χ0) is 17.8. The van der Waals surface area contributed by atoms with Crippen molar-refractivity contribution in [1.29, 1.82) is 0 Å². The minimum atomic E-state index is -0.0129. The van der Waals surface area contributed by atoms with E-state index < -0.39 is 0 Å². The smallest absolute Gasteiger partial charge is 0.230 e. The summed E-state index contributed by atoms with van der Waals surface area (Å²) < 4.78 is 2.14. The van der Waals surface area contributed by atoms with Gasteiger partial charge in [0.1, 0.15) is 5.82 Å². The van der Waals surface area contributed by atoms with Gasteiger partial charge in [-0.15, -0.1) is 16.8 Å². The molecule has 2 aromatic rings. The minimum absolute atomic E-state index is 0.0129. The molecule has 1 aromatic heterocycles. The molecule has 132 valence electrons. The maximum Gasteiger partial charge on any atom is 0.230 e. The summed E-state index contributed by atoms with van der Waals surface area (Å²) in [6.07, 6.45) is 2.79. The number of benzene rings is 1. The van der Waals surface area contributed by atoms with E-state index in [9.17, 15) is 4.79 Å². The molecule has 6 heteroatoms. The third-order valence-electron chi connectivity index (χ3n) is 4.47. The molecular weight excluding hydrogens is 332 g/mol. The number of aromatic nitrogens is 3. The molecule has 3 rings (SSSR count). The highest BCUT2D eigenvalue weighted by Gasteiger charge is 2.43. The van der Waals surface area contributed by atoms with Gasteiger partial charge in [0.2, 0.25) is 5.91 Å². The lowest BCUT2D eigenvalue weighted by Gasteiger charge is -2.07. The van der Waals surface area contributed by atoms with Crippen molar-refractivity contribution in [3.05, 3.63) is 53.9 Å². The van der Waals surface area contributed by atoms with Crippen LogP contribution in [0.15, 0.2) is 42.1 Å². The molecule has 1 fully saturated rings. The topological polar surface area (TPSA) is 59.8 Å². The normalized spacial score (nSPS) is 18.8. The maximum atomic E-state index is 11.8. The lowest BCUT2D eigenvalue weighted by molar-refractivity contribution is -0.118. The van der Waals surface area contributed by atoms with Crippen LogP contribution in [0, 0.1) is 6.92 Å². The molecule has 0 aliphatic heterocycles. The molecule has 25 heavy (non-hydrogen) atoms. The first-order chi connectivity index (χ1) is 12.1. The van der Waals surface area contributed by atoms with E-state index in [2.05, 4.69) is 64.8 Å². The molecule has 2 atom stereocenters. The number of nitrogens with one attached hydrogen (secondary N) is 1. The van der Waals surface area contributed by atoms with Crippen LogP contribution in [-0.4, -0.2) is 33.0 Å². The third-order valence-corrected chi connectivity index (χ3v) is 5.43. The van der Waals surface area contributed by atoms with Gasteiger partial charge < -0.3 is 9.88 Å². The van der Waals surface area contributed by atoms with Crippen LogP contribution in [0.1, 0.15) is 42.1 Å². The predicted molar refractivity (Wildman–Crippen MR) is 101 cm³/mol. The number of nitrogens with zero attached hydrogens (tertiary/aromatic N) is 3. The van der Waals surface area contributed by atoms with Gasteiger partial charge in [0, 0.05) is 19.0 Å². The molecule has 1 aromatic carbocycles. The Labute approximate surface area is 152 Å². The Balaban J connectivity index is 1.65. The summed E-state index contributed by atoms with van der Waals surface area (Å²) in [4.78, 5) is 11.8. The second-order valence-corrected chi connectivity index (χ2v) is 7.27. The van der Waals surface area contributed by atoms with Crippen molar-refractivity contribution in [3.8, 4) is 0 Å². The van der Waals surface area contributed by atoms with Gasteiger partial charge in [-0.05, 0) is 31.7 Å². The molecule has 1 saturated carbocycles. The standard InChI is InChI=1S/C19H24N4OS/c1-4-10-20-17(24)12-25-19-22-21-18(23(19)5-2)16-11-15(16)14-8-6-13(3)7-9-14/h4,6-9,15-16H,1,5,10-12H2,2-3H3,(H,20,24)/t15-,16-/m1/s1. The molecule has 0 spiro atoms. The second-order valence-electron chi connectivity index (χ2n) is 6.33. The van der Waals surface area contributed by atoms with Gasteiger partial charge in [-0.3, -0.25) is 4.79 Å². The van der Waals surface area contributed by atoms with E-state index in [4.69, 9.17) is 0 Å². The fourth-order valence-corrected chi connectivity index (χ4v) is 3.85. The quantitative estimate of drug-likeness (QED) is 0.582. The van der Waals surface area contributed by atoms with Crippen molar-refractivity contribution in [3.63, 3.8) is 0 Å². The zero-order valence-electron chi connectivity index (χ0n) is 14.7. The lowest BCUT2D eigenvalue weighted by Crippen LogP contribution is -2.25. The second kappa shape index (κ2) is 7.87. The summed E-state index contributed by atoms with van der Waals surface area (Å²) in [5.74, 6) is 2.34. The Hall–Kier alpha value is -2.08. The van der Waals surface area contributed by atoms with Crippen LogP contribution in [0.4, 0.5) is 0 Å². The fourth-order valence-electron chi connectivity index (χ4n) is 3.01. The SMILES string of the molecule is C=CCNC(=O)CSc1nnc([C@@H]2C[C@@H]2c2ccc(C)cc2)n1CC. The molecule has 1 aliphatic carbocycles. The molecule has 1 aliphatic rings. The number of carbonyl (C=O) groups excluding carboxylic acids is 1. The van der Waals surface area contributed by atoms with Crippen molar-refractivity contribution in [2.45, 2.75) is 43.8 Å². The van der Waals surface area contributed by atoms with Crippen LogP contribution in [0.5, 0.6) is 0 Å². The molecule has 1 N–H and O–H groups in total. The van der Waals surface area contributed by atoms with Crippen LogP contribution in [0.2, 0.25) is 0 Å². The molecule has 5 nitrogen and oxygen atoms in total. The van der Waals surface area contributed by atoms with Gasteiger partial charge >= 0.3 is 0 Å². The Morgan fingerprint density at radius 1 is 1.36 bits per heavy atom. The summed E-state index contributed by atoms with van der Waals surface area (Å²) in [5, 5.41) is 12.3. The molecular formula is C19H24N4OS. The molecule has 0 saturated heterocycles. The van der Waals surface area contributed by atoms with Crippen molar-refractivity contribution >= 4 is 17.7 Å². The van der Waals surface area contributed by atoms with E-state index in [1.54, 1.807) is 6.08 Å². The average molecular weight is 356 g/mol. The van der Waals surface area contributed by atoms with Crippen molar-refractivity contribution in [1.82, 2.24) is 20.1 Å². The van der Waals surface area contributed by atoms with Gasteiger partial charge in [-0.25, -0.2) is 0 Å². The fraction of sp³-hybridized carbons (Fsp3) is 0.421. The molecule has 0 radical (unpaired) electrons. The van der Waals surface area contributed by atoms with E-state index in [0.717, 1.165) is 23.9 Å². The number of hydrogen-bond donors (Lipinski definition) is 1. The molecule has 0 bridgehead atoms. The first-order valence-corrected chi connectivity index (χ1v) is 9.62. The monoisotopic (exact) mass is 356 g/mol. The number of hydrogen-bond acceptors (Lipinski definition) is 4. The summed E-state index contributed by atoms with van der Waals surface area (Å²) in [6, 6.07) is 8.76. The Morgan fingerprint density at radius 3 is 2.80 bits per heavy atom. The zero-order valence-corrected chi connectivity index (χ0v) is 15.6. The number of rotatable bonds is 8. The largest absolute Gasteiger partial charge is 0.352 e. The summed E-state index contributed by atoms with van der Waals surface area (Å²) in [7, 11) is 0. The number of carbonyl (C=O) groups is 1. The summed E-state index contributed by atoms with van der Waals surface area (Å²) >= 11 is 1.44. The first-order valence-electron chi connectivity index (χ1n) is 8.64. The van der Waals surface area contributed by atoms with E-state index in [-0.39, 0.29) is 5.91 Å². The number of aryl methyl sites for hydroxylation is 1.